The number of piperidine rings is 1. The zero-order valence-electron chi connectivity index (χ0n) is 12.4. The predicted octanol–water partition coefficient (Wildman–Crippen LogP) is 3.13. The van der Waals surface area contributed by atoms with Crippen LogP contribution in [0, 0.1) is 3.57 Å². The maximum Gasteiger partial charge on any atom is 0.140 e. The zero-order valence-corrected chi connectivity index (χ0v) is 14.6. The van der Waals surface area contributed by atoms with E-state index in [0.717, 1.165) is 15.1 Å². The number of fused-ring (bicyclic) bond motifs is 2. The fourth-order valence-electron chi connectivity index (χ4n) is 3.69. The van der Waals surface area contributed by atoms with Gasteiger partial charge in [0.2, 0.25) is 0 Å². The maximum absolute atomic E-state index is 6.11. The van der Waals surface area contributed by atoms with E-state index in [2.05, 4.69) is 53.4 Å². The minimum absolute atomic E-state index is 0.397. The SMILES string of the molecule is CC(C)c1nc(C2CC3CCC(C2)N3C)nc(N)c1I. The summed E-state index contributed by atoms with van der Waals surface area (Å²) in [7, 11) is 2.27. The molecule has 0 aliphatic carbocycles. The number of hydrogen-bond donors (Lipinski definition) is 1. The highest BCUT2D eigenvalue weighted by atomic mass is 127. The lowest BCUT2D eigenvalue weighted by Crippen LogP contribution is -2.39. The van der Waals surface area contributed by atoms with Gasteiger partial charge >= 0.3 is 0 Å². The van der Waals surface area contributed by atoms with Gasteiger partial charge in [0.1, 0.15) is 11.6 Å². The third-order valence-corrected chi connectivity index (χ3v) is 6.04. The van der Waals surface area contributed by atoms with E-state index in [1.54, 1.807) is 0 Å². The molecule has 2 fully saturated rings. The van der Waals surface area contributed by atoms with Crippen LogP contribution in [-0.2, 0) is 0 Å². The average molecular weight is 386 g/mol. The third-order valence-electron chi connectivity index (χ3n) is 4.93. The van der Waals surface area contributed by atoms with Gasteiger partial charge in [-0.3, -0.25) is 0 Å². The molecule has 2 aliphatic heterocycles. The Balaban J connectivity index is 1.91. The van der Waals surface area contributed by atoms with Gasteiger partial charge in [-0.25, -0.2) is 9.97 Å². The minimum atomic E-state index is 0.397. The Morgan fingerprint density at radius 1 is 1.20 bits per heavy atom. The Kier molecular flexibility index (Phi) is 3.92. The Morgan fingerprint density at radius 3 is 2.35 bits per heavy atom. The van der Waals surface area contributed by atoms with Gasteiger partial charge in [-0.1, -0.05) is 13.8 Å². The first-order valence-corrected chi connectivity index (χ1v) is 8.60. The summed E-state index contributed by atoms with van der Waals surface area (Å²) in [5.74, 6) is 2.52. The van der Waals surface area contributed by atoms with Gasteiger partial charge in [0.25, 0.3) is 0 Å². The topological polar surface area (TPSA) is 55.0 Å². The van der Waals surface area contributed by atoms with E-state index in [1.165, 1.54) is 25.7 Å². The number of nitrogens with two attached hydrogens (primary N) is 1. The predicted molar refractivity (Wildman–Crippen MR) is 89.8 cm³/mol. The number of hydrogen-bond acceptors (Lipinski definition) is 4. The monoisotopic (exact) mass is 386 g/mol. The van der Waals surface area contributed by atoms with Crippen LogP contribution >= 0.6 is 22.6 Å². The Labute approximate surface area is 134 Å². The van der Waals surface area contributed by atoms with E-state index in [1.807, 2.05) is 0 Å². The van der Waals surface area contributed by atoms with Gasteiger partial charge in [-0.05, 0) is 61.2 Å². The quantitative estimate of drug-likeness (QED) is 0.794. The van der Waals surface area contributed by atoms with Gasteiger partial charge in [-0.15, -0.1) is 0 Å². The first kappa shape index (κ1) is 14.5. The number of nitrogen functional groups attached to an aromatic ring is 1. The maximum atomic E-state index is 6.11. The molecular weight excluding hydrogens is 363 g/mol. The van der Waals surface area contributed by atoms with Crippen LogP contribution < -0.4 is 5.73 Å². The van der Waals surface area contributed by atoms with Crippen LogP contribution in [0.15, 0.2) is 0 Å². The fraction of sp³-hybridized carbons (Fsp3) is 0.733. The molecular formula is C15H23IN4. The van der Waals surface area contributed by atoms with Crippen molar-refractivity contribution in [2.45, 2.75) is 63.5 Å². The van der Waals surface area contributed by atoms with Crippen molar-refractivity contribution in [1.82, 2.24) is 14.9 Å². The van der Waals surface area contributed by atoms with E-state index in [-0.39, 0.29) is 0 Å². The molecule has 4 nitrogen and oxygen atoms in total. The highest BCUT2D eigenvalue weighted by molar-refractivity contribution is 14.1. The highest BCUT2D eigenvalue weighted by Gasteiger charge is 2.40. The number of halogens is 1. The minimum Gasteiger partial charge on any atom is -0.383 e. The van der Waals surface area contributed by atoms with E-state index < -0.39 is 0 Å². The van der Waals surface area contributed by atoms with E-state index in [9.17, 15) is 0 Å². The molecule has 0 saturated carbocycles. The van der Waals surface area contributed by atoms with Crippen LogP contribution in [0.2, 0.25) is 0 Å². The molecule has 0 radical (unpaired) electrons. The first-order chi connectivity index (χ1) is 9.47. The molecule has 3 heterocycles. The molecule has 0 spiro atoms. The molecule has 110 valence electrons. The fourth-order valence-corrected chi connectivity index (χ4v) is 4.55. The molecule has 2 atom stereocenters. The van der Waals surface area contributed by atoms with E-state index in [4.69, 9.17) is 10.7 Å². The summed E-state index contributed by atoms with van der Waals surface area (Å²) in [6, 6.07) is 1.43. The summed E-state index contributed by atoms with van der Waals surface area (Å²) in [5, 5.41) is 0. The van der Waals surface area contributed by atoms with Crippen LogP contribution in [0.5, 0.6) is 0 Å². The molecule has 0 aromatic carbocycles. The number of nitrogens with zero attached hydrogens (tertiary/aromatic N) is 3. The molecule has 2 unspecified atom stereocenters. The summed E-state index contributed by atoms with van der Waals surface area (Å²) in [4.78, 5) is 12.0. The summed E-state index contributed by atoms with van der Waals surface area (Å²) < 4.78 is 1.03. The molecule has 1 aromatic rings. The first-order valence-electron chi connectivity index (χ1n) is 7.52. The van der Waals surface area contributed by atoms with Crippen LogP contribution in [0.1, 0.15) is 62.9 Å². The van der Waals surface area contributed by atoms with Crippen LogP contribution in [0.25, 0.3) is 0 Å². The van der Waals surface area contributed by atoms with Crippen molar-refractivity contribution in [3.63, 3.8) is 0 Å². The summed E-state index contributed by atoms with van der Waals surface area (Å²) in [6.45, 7) is 4.35. The van der Waals surface area contributed by atoms with Crippen molar-refractivity contribution in [3.05, 3.63) is 15.1 Å². The molecule has 0 amide bonds. The van der Waals surface area contributed by atoms with Crippen LogP contribution in [0.4, 0.5) is 5.82 Å². The Bertz CT molecular complexity index is 503. The highest BCUT2D eigenvalue weighted by Crippen LogP contribution is 2.41. The molecule has 2 aliphatic rings. The molecule has 20 heavy (non-hydrogen) atoms. The van der Waals surface area contributed by atoms with Gasteiger partial charge in [0.05, 0.1) is 9.26 Å². The molecule has 1 aromatic heterocycles. The van der Waals surface area contributed by atoms with Gasteiger partial charge in [-0.2, -0.15) is 0 Å². The standard InChI is InChI=1S/C15H23IN4/c1-8(2)13-12(16)14(17)19-15(18-13)9-6-10-4-5-11(7-9)20(10)3/h8-11H,4-7H2,1-3H3,(H2,17,18,19). The average Bonchev–Trinajstić information content (AvgIpc) is 2.64. The van der Waals surface area contributed by atoms with Gasteiger partial charge < -0.3 is 10.6 Å². The lowest BCUT2D eigenvalue weighted by Gasteiger charge is -2.35. The van der Waals surface area contributed by atoms with Crippen LogP contribution in [0.3, 0.4) is 0 Å². The lowest BCUT2D eigenvalue weighted by atomic mass is 9.90. The summed E-state index contributed by atoms with van der Waals surface area (Å²) in [6.07, 6.45) is 5.03. The van der Waals surface area contributed by atoms with Gasteiger partial charge in [0.15, 0.2) is 0 Å². The lowest BCUT2D eigenvalue weighted by molar-refractivity contribution is 0.159. The smallest absolute Gasteiger partial charge is 0.140 e. The molecule has 2 saturated heterocycles. The number of anilines is 1. The van der Waals surface area contributed by atoms with Gasteiger partial charge in [0, 0.05) is 18.0 Å². The van der Waals surface area contributed by atoms with E-state index in [0.29, 0.717) is 29.7 Å². The third kappa shape index (κ3) is 2.43. The van der Waals surface area contributed by atoms with Crippen molar-refractivity contribution < 1.29 is 0 Å². The largest absolute Gasteiger partial charge is 0.383 e. The Morgan fingerprint density at radius 2 is 1.80 bits per heavy atom. The molecule has 3 rings (SSSR count). The van der Waals surface area contributed by atoms with Crippen molar-refractivity contribution >= 4 is 28.4 Å². The van der Waals surface area contributed by atoms with Crippen molar-refractivity contribution in [2.75, 3.05) is 12.8 Å². The molecule has 5 heteroatoms. The van der Waals surface area contributed by atoms with Crippen molar-refractivity contribution in [3.8, 4) is 0 Å². The van der Waals surface area contributed by atoms with Crippen molar-refractivity contribution in [2.24, 2.45) is 0 Å². The second kappa shape index (κ2) is 5.40. The molecule has 2 bridgehead atoms. The summed E-state index contributed by atoms with van der Waals surface area (Å²) >= 11 is 2.27. The van der Waals surface area contributed by atoms with E-state index >= 15 is 0 Å². The van der Waals surface area contributed by atoms with Crippen molar-refractivity contribution in [1.29, 1.82) is 0 Å². The second-order valence-corrected chi connectivity index (χ2v) is 7.62. The van der Waals surface area contributed by atoms with Crippen LogP contribution in [-0.4, -0.2) is 34.0 Å². The number of aromatic nitrogens is 2. The molecule has 2 N–H and O–H groups in total. The summed E-state index contributed by atoms with van der Waals surface area (Å²) in [5.41, 5.74) is 7.22. The Hall–Kier alpha value is -0.430. The second-order valence-electron chi connectivity index (χ2n) is 6.54. The number of rotatable bonds is 2. The zero-order chi connectivity index (χ0) is 14.4. The normalized spacial score (nSPS) is 30.1.